The minimum Gasteiger partial charge on any atom is -0.345 e. The fourth-order valence-corrected chi connectivity index (χ4v) is 3.34. The first-order valence-electron chi connectivity index (χ1n) is 6.10. The molecule has 0 bridgehead atoms. The van der Waals surface area contributed by atoms with E-state index in [1.807, 2.05) is 18.3 Å². The topological polar surface area (TPSA) is 52.5 Å². The number of hydrogen-bond donors (Lipinski definition) is 1. The summed E-state index contributed by atoms with van der Waals surface area (Å²) in [5.41, 5.74) is 2.68. The van der Waals surface area contributed by atoms with Crippen LogP contribution < -0.4 is 0 Å². The van der Waals surface area contributed by atoms with Crippen molar-refractivity contribution in [3.05, 3.63) is 45.7 Å². The summed E-state index contributed by atoms with van der Waals surface area (Å²) in [6.07, 6.45) is 8.45. The lowest BCUT2D eigenvalue weighted by atomic mass is 10.0. The normalized spacial score (nSPS) is 14.7. The number of imidazole rings is 1. The molecule has 2 heterocycles. The number of H-pyrrole nitrogens is 1. The molecule has 2 aromatic heterocycles. The van der Waals surface area contributed by atoms with Gasteiger partial charge in [0.2, 0.25) is 0 Å². The second-order valence-corrected chi connectivity index (χ2v) is 5.48. The van der Waals surface area contributed by atoms with E-state index in [1.54, 1.807) is 17.5 Å². The van der Waals surface area contributed by atoms with Gasteiger partial charge in [0.05, 0.1) is 0 Å². The molecule has 90 valence electrons. The highest BCUT2D eigenvalue weighted by Gasteiger charge is 2.18. The van der Waals surface area contributed by atoms with Crippen molar-refractivity contribution in [1.29, 1.82) is 5.26 Å². The number of aromatic nitrogens is 2. The van der Waals surface area contributed by atoms with Crippen LogP contribution in [0.5, 0.6) is 0 Å². The molecule has 18 heavy (non-hydrogen) atoms. The first-order chi connectivity index (χ1) is 8.88. The van der Waals surface area contributed by atoms with Crippen LogP contribution in [0.3, 0.4) is 0 Å². The molecule has 0 saturated heterocycles. The molecule has 0 atom stereocenters. The molecule has 1 aliphatic rings. The van der Waals surface area contributed by atoms with Crippen LogP contribution in [0, 0.1) is 11.3 Å². The highest BCUT2D eigenvalue weighted by Crippen LogP contribution is 2.37. The minimum absolute atomic E-state index is 0.757. The smallest absolute Gasteiger partial charge is 0.138 e. The monoisotopic (exact) mass is 255 g/mol. The van der Waals surface area contributed by atoms with Crippen molar-refractivity contribution in [3.63, 3.8) is 0 Å². The zero-order chi connectivity index (χ0) is 12.4. The van der Waals surface area contributed by atoms with Gasteiger partial charge in [-0.25, -0.2) is 4.98 Å². The zero-order valence-corrected chi connectivity index (χ0v) is 10.8. The second kappa shape index (κ2) is 4.79. The molecule has 3 rings (SSSR count). The third-order valence-electron chi connectivity index (χ3n) is 3.26. The average molecular weight is 255 g/mol. The Kier molecular flexibility index (Phi) is 2.99. The van der Waals surface area contributed by atoms with E-state index in [-0.39, 0.29) is 0 Å². The predicted molar refractivity (Wildman–Crippen MR) is 72.1 cm³/mol. The van der Waals surface area contributed by atoms with Gasteiger partial charge in [-0.15, -0.1) is 11.3 Å². The van der Waals surface area contributed by atoms with E-state index in [1.165, 1.54) is 24.0 Å². The molecule has 0 amide bonds. The zero-order valence-electron chi connectivity index (χ0n) is 9.94. The highest BCUT2D eigenvalue weighted by molar-refractivity contribution is 7.13. The predicted octanol–water partition coefficient (Wildman–Crippen LogP) is 3.72. The van der Waals surface area contributed by atoms with E-state index in [9.17, 15) is 0 Å². The van der Waals surface area contributed by atoms with Gasteiger partial charge in [0.25, 0.3) is 0 Å². The molecule has 0 aromatic carbocycles. The molecule has 1 fully saturated rings. The van der Waals surface area contributed by atoms with Gasteiger partial charge in [-0.2, -0.15) is 5.26 Å². The van der Waals surface area contributed by atoms with Gasteiger partial charge >= 0.3 is 0 Å². The molecule has 1 aliphatic carbocycles. The number of hydrogen-bond acceptors (Lipinski definition) is 3. The summed E-state index contributed by atoms with van der Waals surface area (Å²) in [6.45, 7) is 0. The van der Waals surface area contributed by atoms with Crippen LogP contribution in [0.25, 0.3) is 5.57 Å². The van der Waals surface area contributed by atoms with E-state index >= 15 is 0 Å². The number of nitriles is 1. The fraction of sp³-hybridized carbons (Fsp3) is 0.286. The van der Waals surface area contributed by atoms with Crippen LogP contribution in [0.15, 0.2) is 30.1 Å². The van der Waals surface area contributed by atoms with Crippen molar-refractivity contribution >= 4 is 16.9 Å². The summed E-state index contributed by atoms with van der Waals surface area (Å²) < 4.78 is 0. The molecule has 0 spiro atoms. The van der Waals surface area contributed by atoms with Crippen LogP contribution in [0.2, 0.25) is 0 Å². The number of allylic oxidation sites excluding steroid dienone is 1. The van der Waals surface area contributed by atoms with Crippen molar-refractivity contribution in [3.8, 4) is 6.07 Å². The second-order valence-electron chi connectivity index (χ2n) is 4.40. The van der Waals surface area contributed by atoms with E-state index in [0.29, 0.717) is 0 Å². The number of rotatable bonds is 2. The third kappa shape index (κ3) is 1.98. The first-order valence-corrected chi connectivity index (χ1v) is 6.92. The summed E-state index contributed by atoms with van der Waals surface area (Å²) in [5, 5.41) is 8.95. The number of nitrogens with zero attached hydrogens (tertiary/aromatic N) is 2. The van der Waals surface area contributed by atoms with Crippen LogP contribution in [-0.4, -0.2) is 9.97 Å². The maximum absolute atomic E-state index is 8.95. The summed E-state index contributed by atoms with van der Waals surface area (Å²) in [7, 11) is 0. The summed E-state index contributed by atoms with van der Waals surface area (Å²) in [5.74, 6) is 0.929. The Balaban J connectivity index is 2.11. The third-order valence-corrected chi connectivity index (χ3v) is 4.27. The Morgan fingerprint density at radius 2 is 2.17 bits per heavy atom. The van der Waals surface area contributed by atoms with E-state index < -0.39 is 0 Å². The van der Waals surface area contributed by atoms with Crippen molar-refractivity contribution < 1.29 is 0 Å². The lowest BCUT2D eigenvalue weighted by Gasteiger charge is -2.06. The average Bonchev–Trinajstić information content (AvgIpc) is 3.13. The van der Waals surface area contributed by atoms with Gasteiger partial charge in [0.15, 0.2) is 0 Å². The van der Waals surface area contributed by atoms with Crippen LogP contribution in [0.1, 0.15) is 41.3 Å². The van der Waals surface area contributed by atoms with E-state index in [2.05, 4.69) is 16.0 Å². The minimum atomic E-state index is 0.757. The van der Waals surface area contributed by atoms with Gasteiger partial charge < -0.3 is 4.98 Å². The lowest BCUT2D eigenvalue weighted by Crippen LogP contribution is -1.92. The Labute approximate surface area is 110 Å². The number of nitrogens with one attached hydrogen (secondary N) is 1. The molecule has 2 aromatic rings. The largest absolute Gasteiger partial charge is 0.345 e. The Morgan fingerprint density at radius 1 is 1.33 bits per heavy atom. The maximum atomic E-state index is 8.95. The van der Waals surface area contributed by atoms with Crippen LogP contribution in [-0.2, 0) is 0 Å². The summed E-state index contributed by atoms with van der Waals surface area (Å²) in [4.78, 5) is 9.49. The molecular formula is C14H13N3S. The van der Waals surface area contributed by atoms with Gasteiger partial charge in [-0.05, 0) is 37.8 Å². The van der Waals surface area contributed by atoms with Crippen LogP contribution >= 0.6 is 11.3 Å². The lowest BCUT2D eigenvalue weighted by molar-refractivity contribution is 0.886. The van der Waals surface area contributed by atoms with Crippen molar-refractivity contribution in [1.82, 2.24) is 9.97 Å². The van der Waals surface area contributed by atoms with Gasteiger partial charge in [0, 0.05) is 22.8 Å². The fourth-order valence-electron chi connectivity index (χ4n) is 2.44. The Bertz CT molecular complexity index is 606. The number of thiophene rings is 1. The molecule has 0 aliphatic heterocycles. The van der Waals surface area contributed by atoms with Gasteiger partial charge in [-0.3, -0.25) is 0 Å². The number of aromatic amines is 1. The van der Waals surface area contributed by atoms with E-state index in [4.69, 9.17) is 5.26 Å². The van der Waals surface area contributed by atoms with Gasteiger partial charge in [0.1, 0.15) is 16.8 Å². The molecule has 1 N–H and O–H groups in total. The Morgan fingerprint density at radius 3 is 2.78 bits per heavy atom. The standard InChI is InChI=1S/C14H13N3S/c15-9-11-5-6-12(18-11)13(10-3-1-2-4-10)14-16-7-8-17-14/h5-8H,1-4H2,(H,16,17). The highest BCUT2D eigenvalue weighted by atomic mass is 32.1. The quantitative estimate of drug-likeness (QED) is 0.889. The molecular weight excluding hydrogens is 242 g/mol. The maximum Gasteiger partial charge on any atom is 0.138 e. The SMILES string of the molecule is N#Cc1ccc(C(=C2CCCC2)c2ncc[nH]2)s1. The van der Waals surface area contributed by atoms with Crippen molar-refractivity contribution in [2.24, 2.45) is 0 Å². The molecule has 4 heteroatoms. The van der Waals surface area contributed by atoms with Gasteiger partial charge in [-0.1, -0.05) is 5.57 Å². The van der Waals surface area contributed by atoms with E-state index in [0.717, 1.165) is 28.4 Å². The van der Waals surface area contributed by atoms with Crippen molar-refractivity contribution in [2.75, 3.05) is 0 Å². The molecule has 3 nitrogen and oxygen atoms in total. The van der Waals surface area contributed by atoms with Crippen molar-refractivity contribution in [2.45, 2.75) is 25.7 Å². The van der Waals surface area contributed by atoms with Crippen LogP contribution in [0.4, 0.5) is 0 Å². The molecule has 0 radical (unpaired) electrons. The molecule has 1 saturated carbocycles. The summed E-state index contributed by atoms with van der Waals surface area (Å²) >= 11 is 1.55. The first kappa shape index (κ1) is 11.2. The summed E-state index contributed by atoms with van der Waals surface area (Å²) in [6, 6.07) is 6.12. The molecule has 0 unspecified atom stereocenters. The Hall–Kier alpha value is -1.86.